The van der Waals surface area contributed by atoms with Crippen LogP contribution in [-0.2, 0) is 9.59 Å². The molecule has 1 fully saturated rings. The van der Waals surface area contributed by atoms with Gasteiger partial charge in [-0.05, 0) is 63.8 Å². The molecule has 2 amide bonds. The van der Waals surface area contributed by atoms with E-state index in [1.165, 1.54) is 0 Å². The van der Waals surface area contributed by atoms with E-state index in [9.17, 15) is 9.59 Å². The summed E-state index contributed by atoms with van der Waals surface area (Å²) in [6.07, 6.45) is 4.92. The Hall–Kier alpha value is -3.62. The highest BCUT2D eigenvalue weighted by Gasteiger charge is 2.53. The summed E-state index contributed by atoms with van der Waals surface area (Å²) < 4.78 is 11.8. The highest BCUT2D eigenvalue weighted by atomic mass is 16.5. The Morgan fingerprint density at radius 1 is 1.24 bits per heavy atom. The number of nitrogens with zero attached hydrogens (tertiary/aromatic N) is 3. The zero-order chi connectivity index (χ0) is 26.5. The van der Waals surface area contributed by atoms with E-state index in [0.29, 0.717) is 24.3 Å². The first-order valence-electron chi connectivity index (χ1n) is 12.7. The minimum absolute atomic E-state index is 0.0567. The lowest BCUT2D eigenvalue weighted by Crippen LogP contribution is -2.52. The Morgan fingerprint density at radius 2 is 2.03 bits per heavy atom. The van der Waals surface area contributed by atoms with Crippen molar-refractivity contribution in [1.29, 1.82) is 0 Å². The summed E-state index contributed by atoms with van der Waals surface area (Å²) in [6.45, 7) is 7.81. The van der Waals surface area contributed by atoms with Gasteiger partial charge in [0.1, 0.15) is 17.1 Å². The monoisotopic (exact) mass is 505 g/mol. The minimum Gasteiger partial charge on any atom is -0.496 e. The number of carbonyl (C=O) groups is 2. The molecule has 5 rings (SSSR count). The van der Waals surface area contributed by atoms with Gasteiger partial charge in [0.25, 0.3) is 0 Å². The largest absolute Gasteiger partial charge is 0.496 e. The third-order valence-electron chi connectivity index (χ3n) is 7.40. The Bertz CT molecular complexity index is 1240. The van der Waals surface area contributed by atoms with Crippen LogP contribution >= 0.6 is 0 Å². The topological polar surface area (TPSA) is 119 Å². The second kappa shape index (κ2) is 9.04. The third-order valence-corrected chi connectivity index (χ3v) is 7.40. The molecule has 9 nitrogen and oxygen atoms in total. The molecule has 37 heavy (non-hydrogen) atoms. The van der Waals surface area contributed by atoms with Gasteiger partial charge in [-0.1, -0.05) is 12.1 Å². The number of hydrogen-bond acceptors (Lipinski definition) is 7. The van der Waals surface area contributed by atoms with Gasteiger partial charge in [-0.25, -0.2) is 4.99 Å². The summed E-state index contributed by atoms with van der Waals surface area (Å²) in [4.78, 5) is 37.3. The molecule has 0 spiro atoms. The molecule has 4 atom stereocenters. The molecule has 2 aliphatic heterocycles. The number of nitrogens with one attached hydrogen (secondary N) is 1. The van der Waals surface area contributed by atoms with E-state index in [4.69, 9.17) is 15.2 Å². The van der Waals surface area contributed by atoms with E-state index in [2.05, 4.69) is 15.3 Å². The highest BCUT2D eigenvalue weighted by Crippen LogP contribution is 2.52. The van der Waals surface area contributed by atoms with Gasteiger partial charge in [-0.3, -0.25) is 19.5 Å². The first-order chi connectivity index (χ1) is 17.5. The molecule has 1 aromatic carbocycles. The van der Waals surface area contributed by atoms with E-state index < -0.39 is 17.2 Å². The molecule has 2 aromatic rings. The zero-order valence-corrected chi connectivity index (χ0v) is 22.0. The Balaban J connectivity index is 1.41. The summed E-state index contributed by atoms with van der Waals surface area (Å²) >= 11 is 0. The fourth-order valence-electron chi connectivity index (χ4n) is 5.76. The zero-order valence-electron chi connectivity index (χ0n) is 22.0. The Kier molecular flexibility index (Phi) is 6.12. The number of benzene rings is 1. The normalized spacial score (nSPS) is 26.3. The lowest BCUT2D eigenvalue weighted by atomic mass is 9.89. The Labute approximate surface area is 217 Å². The van der Waals surface area contributed by atoms with Crippen molar-refractivity contribution in [3.05, 3.63) is 53.9 Å². The first-order valence-corrected chi connectivity index (χ1v) is 12.7. The summed E-state index contributed by atoms with van der Waals surface area (Å²) in [5, 5.41) is 3.26. The molecule has 1 aromatic heterocycles. The van der Waals surface area contributed by atoms with Crippen LogP contribution in [0, 0.1) is 11.8 Å². The van der Waals surface area contributed by atoms with E-state index >= 15 is 0 Å². The third kappa shape index (κ3) is 4.86. The van der Waals surface area contributed by atoms with Crippen molar-refractivity contribution in [2.45, 2.75) is 70.2 Å². The van der Waals surface area contributed by atoms with E-state index in [1.54, 1.807) is 24.4 Å². The van der Waals surface area contributed by atoms with Gasteiger partial charge < -0.3 is 20.5 Å². The van der Waals surface area contributed by atoms with Crippen LogP contribution in [-0.4, -0.2) is 45.9 Å². The number of methoxy groups -OCH3 is 1. The molecule has 196 valence electrons. The molecule has 1 aliphatic carbocycles. The van der Waals surface area contributed by atoms with E-state index in [1.807, 2.05) is 58.0 Å². The second-order valence-corrected chi connectivity index (χ2v) is 11.5. The smallest absolute Gasteiger partial charge is 0.232 e. The maximum Gasteiger partial charge on any atom is 0.232 e. The summed E-state index contributed by atoms with van der Waals surface area (Å²) in [5.74, 6) is 1.06. The number of pyridine rings is 1. The predicted molar refractivity (Wildman–Crippen MR) is 139 cm³/mol. The van der Waals surface area contributed by atoms with Crippen LogP contribution in [0.5, 0.6) is 11.5 Å². The van der Waals surface area contributed by atoms with Gasteiger partial charge >= 0.3 is 0 Å². The fourth-order valence-corrected chi connectivity index (χ4v) is 5.76. The number of aromatic nitrogens is 1. The first kappa shape index (κ1) is 25.0. The summed E-state index contributed by atoms with van der Waals surface area (Å²) in [6, 6.07) is 8.75. The van der Waals surface area contributed by atoms with E-state index in [-0.39, 0.29) is 42.1 Å². The number of fused-ring (bicyclic) bond motifs is 1. The van der Waals surface area contributed by atoms with Crippen molar-refractivity contribution >= 4 is 17.8 Å². The highest BCUT2D eigenvalue weighted by molar-refractivity contribution is 5.99. The average Bonchev–Trinajstić information content (AvgIpc) is 3.60. The van der Waals surface area contributed by atoms with Crippen molar-refractivity contribution in [3.63, 3.8) is 0 Å². The SMILES string of the molecule is COc1cccc2c1C(NC(=O)[C@H]1C[C@@H]1[C@@H](c1cccnc1)N1C(=O)CC(C)(C)N=C1N)CC(C)(C)O2. The molecular weight excluding hydrogens is 470 g/mol. The average molecular weight is 506 g/mol. The number of rotatable bonds is 6. The van der Waals surface area contributed by atoms with Crippen LogP contribution in [0.25, 0.3) is 0 Å². The number of nitrogens with two attached hydrogens (primary N) is 1. The van der Waals surface area contributed by atoms with E-state index in [0.717, 1.165) is 11.1 Å². The number of guanidine groups is 1. The van der Waals surface area contributed by atoms with Crippen LogP contribution in [0.4, 0.5) is 0 Å². The van der Waals surface area contributed by atoms with Crippen molar-refractivity contribution in [2.24, 2.45) is 22.6 Å². The second-order valence-electron chi connectivity index (χ2n) is 11.5. The standard InChI is InChI=1S/C28H35N5O4/c1-27(2)14-22(34)33(26(29)32-27)24(16-8-7-11-30-15-16)17-12-18(17)25(35)31-19-13-28(3,4)37-21-10-6-9-20(36-5)23(19)21/h6-11,15,17-19,24H,12-14H2,1-5H3,(H2,29,32)(H,31,35)/t17-,18-,19?,24+/m0/s1. The van der Waals surface area contributed by atoms with Crippen LogP contribution in [0.2, 0.25) is 0 Å². The van der Waals surface area contributed by atoms with Crippen LogP contribution < -0.4 is 20.5 Å². The van der Waals surface area contributed by atoms with Crippen molar-refractivity contribution in [3.8, 4) is 11.5 Å². The fraction of sp³-hybridized carbons (Fsp3) is 0.500. The van der Waals surface area contributed by atoms with Gasteiger partial charge in [0, 0.05) is 24.7 Å². The van der Waals surface area contributed by atoms with Crippen molar-refractivity contribution in [1.82, 2.24) is 15.2 Å². The maximum atomic E-state index is 13.6. The molecule has 0 bridgehead atoms. The lowest BCUT2D eigenvalue weighted by molar-refractivity contribution is -0.132. The van der Waals surface area contributed by atoms with Gasteiger partial charge in [-0.15, -0.1) is 0 Å². The molecule has 3 N–H and O–H groups in total. The van der Waals surface area contributed by atoms with Crippen molar-refractivity contribution < 1.29 is 19.1 Å². The molecule has 9 heteroatoms. The van der Waals surface area contributed by atoms with Crippen LogP contribution in [0.15, 0.2) is 47.7 Å². The number of hydrogen-bond donors (Lipinski definition) is 2. The van der Waals surface area contributed by atoms with Gasteiger partial charge in [0.05, 0.1) is 36.7 Å². The lowest BCUT2D eigenvalue weighted by Gasteiger charge is -2.39. The molecule has 0 radical (unpaired) electrons. The van der Waals surface area contributed by atoms with Gasteiger partial charge in [0.15, 0.2) is 5.96 Å². The number of amides is 2. The Morgan fingerprint density at radius 3 is 2.70 bits per heavy atom. The molecule has 0 saturated heterocycles. The molecule has 3 aliphatic rings. The van der Waals surface area contributed by atoms with Gasteiger partial charge in [0.2, 0.25) is 11.8 Å². The number of carbonyl (C=O) groups excluding carboxylic acids is 2. The van der Waals surface area contributed by atoms with Crippen LogP contribution in [0.3, 0.4) is 0 Å². The predicted octanol–water partition coefficient (Wildman–Crippen LogP) is 3.51. The molecule has 1 saturated carbocycles. The van der Waals surface area contributed by atoms with Crippen molar-refractivity contribution in [2.75, 3.05) is 7.11 Å². The number of ether oxygens (including phenoxy) is 2. The maximum absolute atomic E-state index is 13.6. The summed E-state index contributed by atoms with van der Waals surface area (Å²) in [7, 11) is 1.62. The molecular formula is C28H35N5O4. The number of aliphatic imine (C=N–C) groups is 1. The van der Waals surface area contributed by atoms with Crippen LogP contribution in [0.1, 0.15) is 70.2 Å². The molecule has 1 unspecified atom stereocenters. The molecule has 3 heterocycles. The summed E-state index contributed by atoms with van der Waals surface area (Å²) in [5.41, 5.74) is 7.03. The van der Waals surface area contributed by atoms with Gasteiger partial charge in [-0.2, -0.15) is 0 Å². The minimum atomic E-state index is -0.556. The quantitative estimate of drug-likeness (QED) is 0.620.